The van der Waals surface area contributed by atoms with Crippen LogP contribution in [0.15, 0.2) is 12.7 Å². The summed E-state index contributed by atoms with van der Waals surface area (Å²) in [6.45, 7) is 7.70. The Morgan fingerprint density at radius 3 is 2.73 bits per heavy atom. The molecule has 0 saturated carbocycles. The zero-order valence-corrected chi connectivity index (χ0v) is 8.27. The van der Waals surface area contributed by atoms with Crippen LogP contribution in [0.1, 0.15) is 19.8 Å². The summed E-state index contributed by atoms with van der Waals surface area (Å²) < 4.78 is 16.5. The SMILES string of the molecule is C=CCCCP(C)(=O)OCC. The van der Waals surface area contributed by atoms with Gasteiger partial charge in [0.1, 0.15) is 0 Å². The van der Waals surface area contributed by atoms with E-state index in [1.54, 1.807) is 6.66 Å². The molecule has 11 heavy (non-hydrogen) atoms. The fourth-order valence-electron chi connectivity index (χ4n) is 0.860. The van der Waals surface area contributed by atoms with Crippen LogP contribution in [0.4, 0.5) is 0 Å². The first-order valence-corrected chi connectivity index (χ1v) is 6.20. The fraction of sp³-hybridized carbons (Fsp3) is 0.750. The molecular weight excluding hydrogens is 159 g/mol. The third-order valence-corrected chi connectivity index (χ3v) is 3.31. The smallest absolute Gasteiger partial charge is 0.200 e. The lowest BCUT2D eigenvalue weighted by molar-refractivity contribution is 0.336. The van der Waals surface area contributed by atoms with Crippen LogP contribution in [-0.2, 0) is 9.09 Å². The van der Waals surface area contributed by atoms with E-state index in [2.05, 4.69) is 6.58 Å². The lowest BCUT2D eigenvalue weighted by Crippen LogP contribution is -1.93. The van der Waals surface area contributed by atoms with Crippen LogP contribution in [0, 0.1) is 0 Å². The normalized spacial score (nSPS) is 15.8. The molecule has 1 unspecified atom stereocenters. The monoisotopic (exact) mass is 176 g/mol. The molecule has 66 valence electrons. The van der Waals surface area contributed by atoms with E-state index < -0.39 is 7.37 Å². The van der Waals surface area contributed by atoms with Gasteiger partial charge in [-0.1, -0.05) is 6.08 Å². The van der Waals surface area contributed by atoms with Crippen molar-refractivity contribution in [2.45, 2.75) is 19.8 Å². The summed E-state index contributed by atoms with van der Waals surface area (Å²) in [6.07, 6.45) is 4.35. The third kappa shape index (κ3) is 6.33. The molecule has 0 aromatic rings. The summed E-state index contributed by atoms with van der Waals surface area (Å²) in [6, 6.07) is 0. The first kappa shape index (κ1) is 10.9. The van der Waals surface area contributed by atoms with E-state index in [0.717, 1.165) is 12.8 Å². The van der Waals surface area contributed by atoms with Crippen molar-refractivity contribution < 1.29 is 9.09 Å². The van der Waals surface area contributed by atoms with Crippen molar-refractivity contribution in [3.63, 3.8) is 0 Å². The van der Waals surface area contributed by atoms with Crippen molar-refractivity contribution in [1.29, 1.82) is 0 Å². The zero-order chi connectivity index (χ0) is 8.74. The van der Waals surface area contributed by atoms with Gasteiger partial charge in [0.25, 0.3) is 0 Å². The minimum Gasteiger partial charge on any atom is -0.329 e. The van der Waals surface area contributed by atoms with E-state index in [1.807, 2.05) is 13.0 Å². The van der Waals surface area contributed by atoms with Crippen LogP contribution in [0.25, 0.3) is 0 Å². The van der Waals surface area contributed by atoms with E-state index in [-0.39, 0.29) is 0 Å². The van der Waals surface area contributed by atoms with Crippen molar-refractivity contribution in [2.75, 3.05) is 19.4 Å². The Morgan fingerprint density at radius 2 is 2.27 bits per heavy atom. The molecule has 0 N–H and O–H groups in total. The second kappa shape index (κ2) is 5.56. The highest BCUT2D eigenvalue weighted by Crippen LogP contribution is 2.42. The maximum atomic E-state index is 11.4. The van der Waals surface area contributed by atoms with E-state index in [9.17, 15) is 4.57 Å². The minimum absolute atomic E-state index is 0.544. The molecule has 0 radical (unpaired) electrons. The summed E-state index contributed by atoms with van der Waals surface area (Å²) >= 11 is 0. The van der Waals surface area contributed by atoms with Gasteiger partial charge in [-0.3, -0.25) is 4.57 Å². The van der Waals surface area contributed by atoms with Gasteiger partial charge in [-0.2, -0.15) is 0 Å². The number of hydrogen-bond donors (Lipinski definition) is 0. The Labute approximate surface area is 69.1 Å². The molecular formula is C8H17O2P. The summed E-state index contributed by atoms with van der Waals surface area (Å²) in [5.41, 5.74) is 0. The number of hydrogen-bond acceptors (Lipinski definition) is 2. The van der Waals surface area contributed by atoms with Gasteiger partial charge < -0.3 is 4.52 Å². The topological polar surface area (TPSA) is 26.3 Å². The number of unbranched alkanes of at least 4 members (excludes halogenated alkanes) is 1. The molecule has 0 aliphatic rings. The molecule has 0 heterocycles. The van der Waals surface area contributed by atoms with Crippen LogP contribution in [-0.4, -0.2) is 19.4 Å². The number of rotatable bonds is 6. The van der Waals surface area contributed by atoms with Crippen LogP contribution >= 0.6 is 7.37 Å². The molecule has 2 nitrogen and oxygen atoms in total. The van der Waals surface area contributed by atoms with E-state index >= 15 is 0 Å². The summed E-state index contributed by atoms with van der Waals surface area (Å²) in [4.78, 5) is 0. The van der Waals surface area contributed by atoms with Gasteiger partial charge in [0.05, 0.1) is 6.61 Å². The molecule has 0 rings (SSSR count). The predicted octanol–water partition coefficient (Wildman–Crippen LogP) is 2.90. The molecule has 0 saturated heterocycles. The first-order chi connectivity index (χ1) is 5.12. The van der Waals surface area contributed by atoms with Gasteiger partial charge in [-0.25, -0.2) is 0 Å². The highest BCUT2D eigenvalue weighted by molar-refractivity contribution is 7.58. The minimum atomic E-state index is -2.27. The van der Waals surface area contributed by atoms with Crippen molar-refractivity contribution in [3.8, 4) is 0 Å². The van der Waals surface area contributed by atoms with Gasteiger partial charge in [-0.15, -0.1) is 6.58 Å². The Bertz CT molecular complexity index is 154. The van der Waals surface area contributed by atoms with Crippen molar-refractivity contribution in [1.82, 2.24) is 0 Å². The Kier molecular flexibility index (Phi) is 5.53. The highest BCUT2D eigenvalue weighted by atomic mass is 31.2. The van der Waals surface area contributed by atoms with Crippen LogP contribution in [0.5, 0.6) is 0 Å². The van der Waals surface area contributed by atoms with E-state index in [4.69, 9.17) is 4.52 Å². The Morgan fingerprint density at radius 1 is 1.64 bits per heavy atom. The van der Waals surface area contributed by atoms with Gasteiger partial charge in [-0.05, 0) is 19.8 Å². The van der Waals surface area contributed by atoms with Gasteiger partial charge in [0, 0.05) is 12.8 Å². The van der Waals surface area contributed by atoms with Crippen LogP contribution in [0.3, 0.4) is 0 Å². The molecule has 0 fully saturated rings. The second-order valence-corrected chi connectivity index (χ2v) is 5.32. The molecule has 0 aliphatic heterocycles. The van der Waals surface area contributed by atoms with Crippen molar-refractivity contribution in [3.05, 3.63) is 12.7 Å². The van der Waals surface area contributed by atoms with E-state index in [1.165, 1.54) is 0 Å². The van der Waals surface area contributed by atoms with Crippen molar-refractivity contribution >= 4 is 7.37 Å². The summed E-state index contributed by atoms with van der Waals surface area (Å²) in [5, 5.41) is 0. The predicted molar refractivity (Wildman–Crippen MR) is 49.5 cm³/mol. The molecule has 0 aliphatic carbocycles. The average Bonchev–Trinajstić information content (AvgIpc) is 1.87. The van der Waals surface area contributed by atoms with Gasteiger partial charge in [0.2, 0.25) is 0 Å². The molecule has 0 bridgehead atoms. The largest absolute Gasteiger partial charge is 0.329 e. The van der Waals surface area contributed by atoms with Gasteiger partial charge in [0.15, 0.2) is 7.37 Å². The van der Waals surface area contributed by atoms with E-state index in [0.29, 0.717) is 12.8 Å². The maximum Gasteiger partial charge on any atom is 0.200 e. The molecule has 0 spiro atoms. The third-order valence-electron chi connectivity index (χ3n) is 1.37. The first-order valence-electron chi connectivity index (χ1n) is 3.94. The summed E-state index contributed by atoms with van der Waals surface area (Å²) in [7, 11) is -2.27. The zero-order valence-electron chi connectivity index (χ0n) is 7.38. The Balaban J connectivity index is 3.54. The standard InChI is InChI=1S/C8H17O2P/c1-4-6-7-8-11(3,9)10-5-2/h4H,1,5-8H2,2-3H3. The lowest BCUT2D eigenvalue weighted by Gasteiger charge is -2.10. The molecule has 0 aromatic heterocycles. The van der Waals surface area contributed by atoms with Crippen molar-refractivity contribution in [2.24, 2.45) is 0 Å². The number of allylic oxidation sites excluding steroid dienone is 1. The average molecular weight is 176 g/mol. The lowest BCUT2D eigenvalue weighted by atomic mass is 10.3. The molecule has 1 atom stereocenters. The quantitative estimate of drug-likeness (QED) is 0.353. The fourth-order valence-corrected chi connectivity index (χ4v) is 2.29. The molecule has 0 aromatic carbocycles. The molecule has 0 amide bonds. The van der Waals surface area contributed by atoms with Crippen LogP contribution in [0.2, 0.25) is 0 Å². The Hall–Kier alpha value is -0.0700. The molecule has 3 heteroatoms. The highest BCUT2D eigenvalue weighted by Gasteiger charge is 2.12. The van der Waals surface area contributed by atoms with Crippen LogP contribution < -0.4 is 0 Å². The summed E-state index contributed by atoms with van der Waals surface area (Å²) in [5.74, 6) is 0. The maximum absolute atomic E-state index is 11.4. The second-order valence-electron chi connectivity index (χ2n) is 2.59. The van der Waals surface area contributed by atoms with Gasteiger partial charge >= 0.3 is 0 Å².